The van der Waals surface area contributed by atoms with Crippen LogP contribution < -0.4 is 10.0 Å². The van der Waals surface area contributed by atoms with E-state index in [4.69, 9.17) is 0 Å². The number of carbonyl (C=O) groups excluding carboxylic acids is 1. The fourth-order valence-corrected chi connectivity index (χ4v) is 3.88. The van der Waals surface area contributed by atoms with Crippen molar-refractivity contribution in [3.05, 3.63) is 94.2 Å². The molecule has 5 nitrogen and oxygen atoms in total. The van der Waals surface area contributed by atoms with Gasteiger partial charge >= 0.3 is 0 Å². The van der Waals surface area contributed by atoms with Crippen molar-refractivity contribution in [2.45, 2.75) is 11.4 Å². The molecule has 0 aliphatic rings. The highest BCUT2D eigenvalue weighted by Crippen LogP contribution is 2.23. The molecule has 0 heterocycles. The van der Waals surface area contributed by atoms with Crippen molar-refractivity contribution in [2.24, 2.45) is 0 Å². The van der Waals surface area contributed by atoms with E-state index in [9.17, 15) is 17.6 Å². The number of carbonyl (C=O) groups is 1. The van der Waals surface area contributed by atoms with Crippen LogP contribution in [0.25, 0.3) is 0 Å². The lowest BCUT2D eigenvalue weighted by atomic mass is 10.2. The maximum Gasteiger partial charge on any atom is 0.258 e. The van der Waals surface area contributed by atoms with E-state index >= 15 is 0 Å². The van der Waals surface area contributed by atoms with Crippen molar-refractivity contribution in [1.82, 2.24) is 4.72 Å². The van der Waals surface area contributed by atoms with E-state index in [-0.39, 0.29) is 17.0 Å². The highest BCUT2D eigenvalue weighted by atomic mass is 79.9. The third-order valence-corrected chi connectivity index (χ3v) is 6.01. The number of hydrogen-bond donors (Lipinski definition) is 2. The molecular formula is C20H16BrFN2O3S. The molecule has 144 valence electrons. The van der Waals surface area contributed by atoms with E-state index in [1.165, 1.54) is 0 Å². The number of rotatable bonds is 6. The minimum atomic E-state index is -3.92. The van der Waals surface area contributed by atoms with E-state index < -0.39 is 21.7 Å². The van der Waals surface area contributed by atoms with Crippen LogP contribution in [-0.4, -0.2) is 14.3 Å². The fraction of sp³-hybridized carbons (Fsp3) is 0.0500. The summed E-state index contributed by atoms with van der Waals surface area (Å²) in [5, 5.41) is 2.56. The van der Waals surface area contributed by atoms with Crippen LogP contribution in [0.5, 0.6) is 0 Å². The van der Waals surface area contributed by atoms with E-state index in [1.54, 1.807) is 48.5 Å². The van der Waals surface area contributed by atoms with Gasteiger partial charge < -0.3 is 5.32 Å². The van der Waals surface area contributed by atoms with Crippen molar-refractivity contribution in [2.75, 3.05) is 5.32 Å². The van der Waals surface area contributed by atoms with Gasteiger partial charge in [0, 0.05) is 11.0 Å². The topological polar surface area (TPSA) is 75.3 Å². The molecule has 0 fully saturated rings. The van der Waals surface area contributed by atoms with Gasteiger partial charge in [-0.1, -0.05) is 42.5 Å². The minimum Gasteiger partial charge on any atom is -0.321 e. The Morgan fingerprint density at radius 2 is 1.64 bits per heavy atom. The van der Waals surface area contributed by atoms with Gasteiger partial charge in [-0.25, -0.2) is 17.5 Å². The predicted octanol–water partition coefficient (Wildman–Crippen LogP) is 4.32. The van der Waals surface area contributed by atoms with Gasteiger partial charge in [0.1, 0.15) is 5.82 Å². The number of halogens is 2. The lowest BCUT2D eigenvalue weighted by Gasteiger charge is -2.11. The summed E-state index contributed by atoms with van der Waals surface area (Å²) in [6, 6.07) is 18.9. The van der Waals surface area contributed by atoms with Gasteiger partial charge in [0.05, 0.1) is 16.1 Å². The molecule has 1 amide bonds. The number of nitrogens with one attached hydrogen (secondary N) is 2. The Bertz CT molecular complexity index is 1110. The first-order valence-corrected chi connectivity index (χ1v) is 10.5. The second-order valence-electron chi connectivity index (χ2n) is 5.89. The van der Waals surface area contributed by atoms with E-state index in [0.717, 1.165) is 23.8 Å². The van der Waals surface area contributed by atoms with Gasteiger partial charge in [0.2, 0.25) is 10.0 Å². The smallest absolute Gasteiger partial charge is 0.258 e. The molecule has 0 aliphatic carbocycles. The molecule has 8 heteroatoms. The molecule has 0 aliphatic heterocycles. The Labute approximate surface area is 170 Å². The van der Waals surface area contributed by atoms with Crippen molar-refractivity contribution >= 4 is 37.5 Å². The summed E-state index contributed by atoms with van der Waals surface area (Å²) in [5.74, 6) is -1.56. The molecule has 0 spiro atoms. The van der Waals surface area contributed by atoms with Gasteiger partial charge in [-0.05, 0) is 51.8 Å². The average Bonchev–Trinajstić information content (AvgIpc) is 2.69. The monoisotopic (exact) mass is 462 g/mol. The van der Waals surface area contributed by atoms with Crippen LogP contribution >= 0.6 is 15.9 Å². The van der Waals surface area contributed by atoms with Crippen LogP contribution in [0, 0.1) is 5.82 Å². The quantitative estimate of drug-likeness (QED) is 0.572. The van der Waals surface area contributed by atoms with E-state index in [0.29, 0.717) is 10.2 Å². The summed E-state index contributed by atoms with van der Waals surface area (Å²) >= 11 is 3.29. The number of anilines is 1. The molecule has 0 atom stereocenters. The Morgan fingerprint density at radius 1 is 0.964 bits per heavy atom. The van der Waals surface area contributed by atoms with Crippen molar-refractivity contribution in [3.8, 4) is 0 Å². The standard InChI is InChI=1S/C20H16BrFN2O3S/c21-17-8-4-5-9-19(17)24-20(25)16-12-15(10-11-18(16)22)28(26,27)23-13-14-6-2-1-3-7-14/h1-12,23H,13H2,(H,24,25). The third-order valence-electron chi connectivity index (χ3n) is 3.92. The summed E-state index contributed by atoms with van der Waals surface area (Å²) in [4.78, 5) is 12.3. The summed E-state index contributed by atoms with van der Waals surface area (Å²) < 4.78 is 42.3. The predicted molar refractivity (Wildman–Crippen MR) is 109 cm³/mol. The summed E-state index contributed by atoms with van der Waals surface area (Å²) in [7, 11) is -3.92. The van der Waals surface area contributed by atoms with Crippen LogP contribution in [0.3, 0.4) is 0 Å². The molecule has 0 aromatic heterocycles. The molecule has 0 bridgehead atoms. The SMILES string of the molecule is O=C(Nc1ccccc1Br)c1cc(S(=O)(=O)NCc2ccccc2)ccc1F. The van der Waals surface area contributed by atoms with Crippen molar-refractivity contribution in [1.29, 1.82) is 0 Å². The van der Waals surface area contributed by atoms with Crippen LogP contribution in [0.15, 0.2) is 82.2 Å². The molecule has 3 aromatic carbocycles. The third kappa shape index (κ3) is 4.83. The first-order chi connectivity index (χ1) is 13.4. The van der Waals surface area contributed by atoms with E-state index in [2.05, 4.69) is 26.0 Å². The summed E-state index contributed by atoms with van der Waals surface area (Å²) in [5.41, 5.74) is 0.862. The van der Waals surface area contributed by atoms with Gasteiger partial charge in [-0.2, -0.15) is 0 Å². The van der Waals surface area contributed by atoms with Crippen LogP contribution in [0.2, 0.25) is 0 Å². The molecule has 0 saturated heterocycles. The zero-order valence-electron chi connectivity index (χ0n) is 14.5. The Balaban J connectivity index is 1.82. The second-order valence-corrected chi connectivity index (χ2v) is 8.51. The molecule has 3 rings (SSSR count). The van der Waals surface area contributed by atoms with Crippen molar-refractivity contribution in [3.63, 3.8) is 0 Å². The molecule has 3 aromatic rings. The molecule has 0 radical (unpaired) electrons. The summed E-state index contributed by atoms with van der Waals surface area (Å²) in [6.45, 7) is 0.0824. The fourth-order valence-electron chi connectivity index (χ4n) is 2.46. The van der Waals surface area contributed by atoms with E-state index in [1.807, 2.05) is 6.07 Å². The number of sulfonamides is 1. The lowest BCUT2D eigenvalue weighted by molar-refractivity contribution is 0.102. The Kier molecular flexibility index (Phi) is 6.23. The number of amides is 1. The Morgan fingerprint density at radius 3 is 2.36 bits per heavy atom. The largest absolute Gasteiger partial charge is 0.321 e. The first-order valence-electron chi connectivity index (χ1n) is 8.26. The zero-order chi connectivity index (χ0) is 20.1. The normalized spacial score (nSPS) is 11.2. The highest BCUT2D eigenvalue weighted by Gasteiger charge is 2.20. The van der Waals surface area contributed by atoms with Crippen LogP contribution in [-0.2, 0) is 16.6 Å². The maximum atomic E-state index is 14.2. The average molecular weight is 463 g/mol. The van der Waals surface area contributed by atoms with Gasteiger partial charge in [-0.15, -0.1) is 0 Å². The number of para-hydroxylation sites is 1. The minimum absolute atomic E-state index is 0.0824. The van der Waals surface area contributed by atoms with Gasteiger partial charge in [0.25, 0.3) is 5.91 Å². The van der Waals surface area contributed by atoms with Crippen LogP contribution in [0.4, 0.5) is 10.1 Å². The number of hydrogen-bond acceptors (Lipinski definition) is 3. The molecular weight excluding hydrogens is 447 g/mol. The molecule has 2 N–H and O–H groups in total. The number of benzene rings is 3. The maximum absolute atomic E-state index is 14.2. The second kappa shape index (κ2) is 8.64. The summed E-state index contributed by atoms with van der Waals surface area (Å²) in [6.07, 6.45) is 0. The zero-order valence-corrected chi connectivity index (χ0v) is 16.9. The van der Waals surface area contributed by atoms with Crippen LogP contribution in [0.1, 0.15) is 15.9 Å². The molecule has 28 heavy (non-hydrogen) atoms. The van der Waals surface area contributed by atoms with Gasteiger partial charge in [-0.3, -0.25) is 4.79 Å². The highest BCUT2D eigenvalue weighted by molar-refractivity contribution is 9.10. The molecule has 0 saturated carbocycles. The molecule has 0 unspecified atom stereocenters. The first kappa shape index (κ1) is 20.2. The van der Waals surface area contributed by atoms with Crippen molar-refractivity contribution < 1.29 is 17.6 Å². The Hall–Kier alpha value is -2.55. The lowest BCUT2D eigenvalue weighted by Crippen LogP contribution is -2.24. The van der Waals surface area contributed by atoms with Gasteiger partial charge in [0.15, 0.2) is 0 Å².